The molecule has 0 amide bonds. The Balaban J connectivity index is 2.65. The number of hydrogen-bond donors (Lipinski definition) is 1. The fourth-order valence-electron chi connectivity index (χ4n) is 1.84. The van der Waals surface area contributed by atoms with Crippen molar-refractivity contribution in [2.24, 2.45) is 0 Å². The van der Waals surface area contributed by atoms with Crippen molar-refractivity contribution in [1.29, 1.82) is 0 Å². The highest BCUT2D eigenvalue weighted by Gasteiger charge is 2.16. The van der Waals surface area contributed by atoms with Gasteiger partial charge in [0.2, 0.25) is 0 Å². The number of alkyl halides is 2. The lowest BCUT2D eigenvalue weighted by atomic mass is 10.0. The fourth-order valence-corrected chi connectivity index (χ4v) is 1.84. The topological polar surface area (TPSA) is 21.3 Å². The van der Waals surface area contributed by atoms with E-state index in [0.717, 1.165) is 24.6 Å². The van der Waals surface area contributed by atoms with Crippen LogP contribution in [-0.4, -0.2) is 26.2 Å². The second-order valence-corrected chi connectivity index (χ2v) is 4.43. The van der Waals surface area contributed by atoms with Crippen LogP contribution in [0.15, 0.2) is 18.2 Å². The highest BCUT2D eigenvalue weighted by molar-refractivity contribution is 5.22. The lowest BCUT2D eigenvalue weighted by molar-refractivity contribution is 0.0143. The Morgan fingerprint density at radius 2 is 2.00 bits per heavy atom. The first-order valence-corrected chi connectivity index (χ1v) is 6.58. The highest BCUT2D eigenvalue weighted by atomic mass is 19.3. The first kappa shape index (κ1) is 16.9. The van der Waals surface area contributed by atoms with Crippen LogP contribution in [0.3, 0.4) is 0 Å². The summed E-state index contributed by atoms with van der Waals surface area (Å²) < 4.78 is 55.6. The molecule has 0 saturated heterocycles. The smallest absolute Gasteiger partial charge is 0.261 e. The average molecular weight is 293 g/mol. The molecule has 20 heavy (non-hydrogen) atoms. The number of benzene rings is 1. The largest absolute Gasteiger partial charge is 0.375 e. The van der Waals surface area contributed by atoms with E-state index in [1.807, 2.05) is 6.92 Å². The van der Waals surface area contributed by atoms with Crippen molar-refractivity contribution in [1.82, 2.24) is 5.32 Å². The summed E-state index contributed by atoms with van der Waals surface area (Å²) in [4.78, 5) is 0. The monoisotopic (exact) mass is 293 g/mol. The van der Waals surface area contributed by atoms with Gasteiger partial charge in [-0.05, 0) is 37.6 Å². The van der Waals surface area contributed by atoms with E-state index in [2.05, 4.69) is 5.32 Å². The molecule has 0 bridgehead atoms. The molecule has 0 aliphatic carbocycles. The molecule has 0 radical (unpaired) electrons. The van der Waals surface area contributed by atoms with Gasteiger partial charge in [-0.1, -0.05) is 6.92 Å². The first-order valence-electron chi connectivity index (χ1n) is 6.58. The molecule has 0 aliphatic rings. The van der Waals surface area contributed by atoms with Crippen molar-refractivity contribution >= 4 is 0 Å². The van der Waals surface area contributed by atoms with Gasteiger partial charge < -0.3 is 10.1 Å². The van der Waals surface area contributed by atoms with Crippen molar-refractivity contribution < 1.29 is 22.3 Å². The van der Waals surface area contributed by atoms with Gasteiger partial charge in [0.1, 0.15) is 18.2 Å². The molecular weight excluding hydrogens is 274 g/mol. The average Bonchev–Trinajstić information content (AvgIpc) is 2.41. The molecular formula is C14H19F4NO. The lowest BCUT2D eigenvalue weighted by Crippen LogP contribution is -2.25. The minimum Gasteiger partial charge on any atom is -0.375 e. The molecule has 0 heterocycles. The molecule has 1 rings (SSSR count). The second-order valence-electron chi connectivity index (χ2n) is 4.43. The third kappa shape index (κ3) is 5.88. The summed E-state index contributed by atoms with van der Waals surface area (Å²) in [6, 6.07) is 2.77. The standard InChI is InChI=1S/C14H19F4NO/c1-2-6-19-13(5-7-20-9-14(17)18)11-8-10(15)3-4-12(11)16/h3-4,8,13-14,19H,2,5-7,9H2,1H3. The highest BCUT2D eigenvalue weighted by Crippen LogP contribution is 2.21. The first-order chi connectivity index (χ1) is 9.54. The van der Waals surface area contributed by atoms with Gasteiger partial charge in [0.25, 0.3) is 6.43 Å². The Morgan fingerprint density at radius 3 is 2.65 bits per heavy atom. The van der Waals surface area contributed by atoms with Gasteiger partial charge in [-0.25, -0.2) is 17.6 Å². The summed E-state index contributed by atoms with van der Waals surface area (Å²) in [5, 5.41) is 3.07. The van der Waals surface area contributed by atoms with Crippen molar-refractivity contribution in [3.63, 3.8) is 0 Å². The van der Waals surface area contributed by atoms with Crippen LogP contribution >= 0.6 is 0 Å². The minimum absolute atomic E-state index is 0.0572. The van der Waals surface area contributed by atoms with E-state index < -0.39 is 30.7 Å². The zero-order valence-corrected chi connectivity index (χ0v) is 11.3. The molecule has 114 valence electrons. The van der Waals surface area contributed by atoms with Crippen LogP contribution in [0.5, 0.6) is 0 Å². The van der Waals surface area contributed by atoms with Crippen molar-refractivity contribution in [3.8, 4) is 0 Å². The Labute approximate surface area is 116 Å². The van der Waals surface area contributed by atoms with Crippen LogP contribution in [0.4, 0.5) is 17.6 Å². The zero-order valence-electron chi connectivity index (χ0n) is 11.3. The normalized spacial score (nSPS) is 12.9. The van der Waals surface area contributed by atoms with Gasteiger partial charge in [0.05, 0.1) is 0 Å². The maximum Gasteiger partial charge on any atom is 0.261 e. The molecule has 1 aromatic carbocycles. The lowest BCUT2D eigenvalue weighted by Gasteiger charge is -2.19. The van der Waals surface area contributed by atoms with E-state index >= 15 is 0 Å². The van der Waals surface area contributed by atoms with Gasteiger partial charge in [-0.3, -0.25) is 0 Å². The van der Waals surface area contributed by atoms with Gasteiger partial charge in [-0.2, -0.15) is 0 Å². The number of hydrogen-bond acceptors (Lipinski definition) is 2. The fraction of sp³-hybridized carbons (Fsp3) is 0.571. The maximum absolute atomic E-state index is 13.7. The van der Waals surface area contributed by atoms with Crippen LogP contribution in [0.2, 0.25) is 0 Å². The Morgan fingerprint density at radius 1 is 1.25 bits per heavy atom. The van der Waals surface area contributed by atoms with Gasteiger partial charge in [0.15, 0.2) is 0 Å². The Bertz CT molecular complexity index is 401. The SMILES string of the molecule is CCCNC(CCOCC(F)F)c1cc(F)ccc1F. The van der Waals surface area contributed by atoms with Crippen molar-refractivity contribution in [2.45, 2.75) is 32.2 Å². The van der Waals surface area contributed by atoms with E-state index in [9.17, 15) is 17.6 Å². The third-order valence-electron chi connectivity index (χ3n) is 2.77. The quantitative estimate of drug-likeness (QED) is 0.554. The molecule has 1 N–H and O–H groups in total. The van der Waals surface area contributed by atoms with Crippen LogP contribution in [-0.2, 0) is 4.74 Å². The van der Waals surface area contributed by atoms with E-state index in [1.165, 1.54) is 0 Å². The summed E-state index contributed by atoms with van der Waals surface area (Å²) >= 11 is 0. The second kappa shape index (κ2) is 8.92. The van der Waals surface area contributed by atoms with Crippen molar-refractivity contribution in [2.75, 3.05) is 19.8 Å². The number of nitrogens with one attached hydrogen (secondary N) is 1. The number of halogens is 4. The molecule has 1 aromatic rings. The van der Waals surface area contributed by atoms with Crippen LogP contribution in [0.25, 0.3) is 0 Å². The van der Waals surface area contributed by atoms with Gasteiger partial charge in [0, 0.05) is 18.2 Å². The van der Waals surface area contributed by atoms with Crippen LogP contribution < -0.4 is 5.32 Å². The summed E-state index contributed by atoms with van der Waals surface area (Å²) in [7, 11) is 0. The Kier molecular flexibility index (Phi) is 7.54. The summed E-state index contributed by atoms with van der Waals surface area (Å²) in [5.74, 6) is -1.05. The van der Waals surface area contributed by atoms with Crippen LogP contribution in [0.1, 0.15) is 31.4 Å². The number of rotatable bonds is 9. The molecule has 0 aliphatic heterocycles. The zero-order chi connectivity index (χ0) is 15.0. The molecule has 0 fully saturated rings. The molecule has 0 spiro atoms. The van der Waals surface area contributed by atoms with Crippen molar-refractivity contribution in [3.05, 3.63) is 35.4 Å². The molecule has 1 atom stereocenters. The van der Waals surface area contributed by atoms with E-state index in [-0.39, 0.29) is 12.2 Å². The number of ether oxygens (including phenoxy) is 1. The maximum atomic E-state index is 13.7. The summed E-state index contributed by atoms with van der Waals surface area (Å²) in [6.07, 6.45) is -1.40. The molecule has 0 aromatic heterocycles. The van der Waals surface area contributed by atoms with E-state index in [4.69, 9.17) is 4.74 Å². The predicted octanol–water partition coefficient (Wildman–Crippen LogP) is 3.68. The minimum atomic E-state index is -2.53. The third-order valence-corrected chi connectivity index (χ3v) is 2.77. The van der Waals surface area contributed by atoms with E-state index in [1.54, 1.807) is 0 Å². The molecule has 0 saturated carbocycles. The van der Waals surface area contributed by atoms with E-state index in [0.29, 0.717) is 13.0 Å². The molecule has 2 nitrogen and oxygen atoms in total. The molecule has 6 heteroatoms. The molecule has 1 unspecified atom stereocenters. The summed E-state index contributed by atoms with van der Waals surface area (Å²) in [6.45, 7) is 1.97. The predicted molar refractivity (Wildman–Crippen MR) is 68.8 cm³/mol. The summed E-state index contributed by atoms with van der Waals surface area (Å²) in [5.41, 5.74) is 0.194. The van der Waals surface area contributed by atoms with Gasteiger partial charge >= 0.3 is 0 Å². The Hall–Kier alpha value is -1.14. The van der Waals surface area contributed by atoms with Gasteiger partial charge in [-0.15, -0.1) is 0 Å². The van der Waals surface area contributed by atoms with Crippen LogP contribution in [0, 0.1) is 11.6 Å².